The zero-order valence-electron chi connectivity index (χ0n) is 14.6. The maximum absolute atomic E-state index is 12.5. The predicted octanol–water partition coefficient (Wildman–Crippen LogP) is 1.76. The summed E-state index contributed by atoms with van der Waals surface area (Å²) in [5, 5.41) is 2.60. The van der Waals surface area contributed by atoms with E-state index >= 15 is 0 Å². The number of ether oxygens (including phenoxy) is 1. The lowest BCUT2D eigenvalue weighted by Gasteiger charge is -2.28. The number of methoxy groups -OCH3 is 1. The van der Waals surface area contributed by atoms with Gasteiger partial charge >= 0.3 is 17.8 Å². The molecule has 1 aliphatic heterocycles. The van der Waals surface area contributed by atoms with Crippen molar-refractivity contribution in [2.24, 2.45) is 0 Å². The van der Waals surface area contributed by atoms with Gasteiger partial charge in [-0.2, -0.15) is 0 Å². The summed E-state index contributed by atoms with van der Waals surface area (Å²) >= 11 is 0. The minimum atomic E-state index is -0.943. The fraction of sp³-hybridized carbons (Fsp3) is 0.444. The van der Waals surface area contributed by atoms with E-state index in [0.29, 0.717) is 29.2 Å². The molecular weight excluding hydrogens is 338 g/mol. The number of imide groups is 2. The minimum Gasteiger partial charge on any atom is -0.497 e. The van der Waals surface area contributed by atoms with E-state index in [9.17, 15) is 19.2 Å². The molecule has 1 saturated carbocycles. The van der Waals surface area contributed by atoms with Gasteiger partial charge in [-0.05, 0) is 25.0 Å². The Kier molecular flexibility index (Phi) is 5.20. The molecule has 2 aliphatic rings. The van der Waals surface area contributed by atoms with Crippen LogP contribution in [0.1, 0.15) is 32.1 Å². The first-order chi connectivity index (χ1) is 12.5. The van der Waals surface area contributed by atoms with E-state index in [1.165, 1.54) is 7.11 Å². The highest BCUT2D eigenvalue weighted by Gasteiger charge is 2.48. The second-order valence-corrected chi connectivity index (χ2v) is 6.42. The Morgan fingerprint density at radius 3 is 2.58 bits per heavy atom. The van der Waals surface area contributed by atoms with Crippen LogP contribution < -0.4 is 10.1 Å². The maximum atomic E-state index is 12.5. The molecule has 1 aromatic carbocycles. The Balaban J connectivity index is 1.66. The lowest BCUT2D eigenvalue weighted by Crippen LogP contribution is -2.43. The van der Waals surface area contributed by atoms with E-state index in [4.69, 9.17) is 4.74 Å². The van der Waals surface area contributed by atoms with Gasteiger partial charge in [0.15, 0.2) is 0 Å². The van der Waals surface area contributed by atoms with Crippen LogP contribution >= 0.6 is 0 Å². The minimum absolute atomic E-state index is 0.251. The third-order valence-corrected chi connectivity index (χ3v) is 4.68. The van der Waals surface area contributed by atoms with Gasteiger partial charge in [0, 0.05) is 17.8 Å². The van der Waals surface area contributed by atoms with Crippen LogP contribution in [0.15, 0.2) is 24.3 Å². The molecule has 138 valence electrons. The van der Waals surface area contributed by atoms with Gasteiger partial charge in [-0.15, -0.1) is 0 Å². The lowest BCUT2D eigenvalue weighted by molar-refractivity contribution is -0.144. The van der Waals surface area contributed by atoms with Crippen LogP contribution in [0.4, 0.5) is 10.5 Å². The van der Waals surface area contributed by atoms with Crippen LogP contribution in [0.5, 0.6) is 5.75 Å². The third-order valence-electron chi connectivity index (χ3n) is 4.68. The number of nitrogens with zero attached hydrogens (tertiary/aromatic N) is 2. The quantitative estimate of drug-likeness (QED) is 0.638. The van der Waals surface area contributed by atoms with E-state index in [1.807, 2.05) is 0 Å². The van der Waals surface area contributed by atoms with Crippen molar-refractivity contribution in [3.63, 3.8) is 0 Å². The summed E-state index contributed by atoms with van der Waals surface area (Å²) < 4.78 is 5.08. The third kappa shape index (κ3) is 3.54. The van der Waals surface area contributed by atoms with Gasteiger partial charge < -0.3 is 10.1 Å². The Hall–Kier alpha value is -2.90. The summed E-state index contributed by atoms with van der Waals surface area (Å²) in [6.45, 7) is -0.496. The van der Waals surface area contributed by atoms with E-state index in [2.05, 4.69) is 5.32 Å². The van der Waals surface area contributed by atoms with Crippen molar-refractivity contribution in [3.05, 3.63) is 24.3 Å². The molecule has 5 amide bonds. The zero-order valence-corrected chi connectivity index (χ0v) is 14.6. The van der Waals surface area contributed by atoms with Crippen molar-refractivity contribution in [2.75, 3.05) is 19.0 Å². The Morgan fingerprint density at radius 2 is 1.88 bits per heavy atom. The second-order valence-electron chi connectivity index (χ2n) is 6.42. The number of rotatable bonds is 5. The normalized spacial score (nSPS) is 18.4. The summed E-state index contributed by atoms with van der Waals surface area (Å²) in [5.41, 5.74) is 0.476. The fourth-order valence-electron chi connectivity index (χ4n) is 3.37. The Morgan fingerprint density at radius 1 is 1.15 bits per heavy atom. The molecule has 2 fully saturated rings. The van der Waals surface area contributed by atoms with Gasteiger partial charge in [0.25, 0.3) is 0 Å². The first-order valence-corrected chi connectivity index (χ1v) is 8.64. The van der Waals surface area contributed by atoms with E-state index in [-0.39, 0.29) is 6.04 Å². The van der Waals surface area contributed by atoms with Crippen LogP contribution in [0.3, 0.4) is 0 Å². The van der Waals surface area contributed by atoms with Crippen LogP contribution in [0.2, 0.25) is 0 Å². The largest absolute Gasteiger partial charge is 0.497 e. The number of carbonyl (C=O) groups excluding carboxylic acids is 4. The van der Waals surface area contributed by atoms with Gasteiger partial charge in [-0.1, -0.05) is 25.3 Å². The molecule has 1 aromatic rings. The van der Waals surface area contributed by atoms with E-state index in [1.54, 1.807) is 24.3 Å². The van der Waals surface area contributed by atoms with Crippen LogP contribution in [0.25, 0.3) is 0 Å². The molecule has 0 radical (unpaired) electrons. The molecule has 0 aromatic heterocycles. The number of benzene rings is 1. The van der Waals surface area contributed by atoms with E-state index in [0.717, 1.165) is 24.2 Å². The number of urea groups is 1. The Bertz CT molecular complexity index is 742. The molecule has 8 nitrogen and oxygen atoms in total. The Labute approximate surface area is 151 Å². The van der Waals surface area contributed by atoms with Gasteiger partial charge in [-0.25, -0.2) is 9.69 Å². The molecule has 3 rings (SSSR count). The van der Waals surface area contributed by atoms with Crippen molar-refractivity contribution in [2.45, 2.75) is 38.1 Å². The number of hydrogen-bond donors (Lipinski definition) is 1. The first kappa shape index (κ1) is 17.9. The molecule has 1 saturated heterocycles. The topological polar surface area (TPSA) is 96.0 Å². The number of amides is 5. The summed E-state index contributed by atoms with van der Waals surface area (Å²) in [6.07, 6.45) is 4.31. The van der Waals surface area contributed by atoms with Crippen LogP contribution in [-0.4, -0.2) is 53.2 Å². The SMILES string of the molecule is COc1cccc(NC(=O)CN2C(=O)C(=O)N(C3CCCCC3)C2=O)c1. The number of carbonyl (C=O) groups is 4. The van der Waals surface area contributed by atoms with Crippen molar-refractivity contribution < 1.29 is 23.9 Å². The molecule has 0 bridgehead atoms. The van der Waals surface area contributed by atoms with Crippen molar-refractivity contribution in [1.82, 2.24) is 9.80 Å². The summed E-state index contributed by atoms with van der Waals surface area (Å²) in [4.78, 5) is 50.9. The summed E-state index contributed by atoms with van der Waals surface area (Å²) in [6, 6.07) is 5.75. The van der Waals surface area contributed by atoms with Gasteiger partial charge in [-0.3, -0.25) is 19.3 Å². The monoisotopic (exact) mass is 359 g/mol. The average Bonchev–Trinajstić information content (AvgIpc) is 2.86. The molecule has 0 spiro atoms. The summed E-state index contributed by atoms with van der Waals surface area (Å²) in [5.74, 6) is -1.77. The second kappa shape index (κ2) is 7.55. The van der Waals surface area contributed by atoms with Crippen molar-refractivity contribution >= 4 is 29.4 Å². The van der Waals surface area contributed by atoms with E-state index < -0.39 is 30.3 Å². The van der Waals surface area contributed by atoms with Crippen molar-refractivity contribution in [1.29, 1.82) is 0 Å². The highest BCUT2D eigenvalue weighted by molar-refractivity contribution is 6.45. The molecule has 0 unspecified atom stereocenters. The lowest BCUT2D eigenvalue weighted by atomic mass is 9.94. The van der Waals surface area contributed by atoms with Gasteiger partial charge in [0.2, 0.25) is 5.91 Å². The standard InChI is InChI=1S/C18H21N3O5/c1-26-14-9-5-6-12(10-14)19-15(22)11-20-16(23)17(24)21(18(20)25)13-7-3-2-4-8-13/h5-6,9-10,13H,2-4,7-8,11H2,1H3,(H,19,22). The highest BCUT2D eigenvalue weighted by atomic mass is 16.5. The average molecular weight is 359 g/mol. The number of nitrogens with one attached hydrogen (secondary N) is 1. The molecule has 1 heterocycles. The van der Waals surface area contributed by atoms with Gasteiger partial charge in [0.05, 0.1) is 7.11 Å². The molecule has 26 heavy (non-hydrogen) atoms. The maximum Gasteiger partial charge on any atom is 0.334 e. The molecular formula is C18H21N3O5. The number of anilines is 1. The highest BCUT2D eigenvalue weighted by Crippen LogP contribution is 2.27. The predicted molar refractivity (Wildman–Crippen MR) is 92.5 cm³/mol. The van der Waals surface area contributed by atoms with Crippen LogP contribution in [-0.2, 0) is 14.4 Å². The number of hydrogen-bond acceptors (Lipinski definition) is 5. The summed E-state index contributed by atoms with van der Waals surface area (Å²) in [7, 11) is 1.51. The van der Waals surface area contributed by atoms with Crippen LogP contribution in [0, 0.1) is 0 Å². The van der Waals surface area contributed by atoms with Crippen molar-refractivity contribution in [3.8, 4) is 5.75 Å². The molecule has 1 aliphatic carbocycles. The first-order valence-electron chi connectivity index (χ1n) is 8.64. The zero-order chi connectivity index (χ0) is 18.7. The smallest absolute Gasteiger partial charge is 0.334 e. The fourth-order valence-corrected chi connectivity index (χ4v) is 3.37. The van der Waals surface area contributed by atoms with Gasteiger partial charge in [0.1, 0.15) is 12.3 Å². The molecule has 1 N–H and O–H groups in total. The molecule has 0 atom stereocenters. The molecule has 8 heteroatoms.